The molecule has 0 amide bonds. The summed E-state index contributed by atoms with van der Waals surface area (Å²) >= 11 is 12.1. The van der Waals surface area contributed by atoms with Crippen LogP contribution >= 0.6 is 23.2 Å². The minimum atomic E-state index is -3.56. The van der Waals surface area contributed by atoms with Crippen molar-refractivity contribution in [1.82, 2.24) is 5.32 Å². The van der Waals surface area contributed by atoms with Gasteiger partial charge < -0.3 is 10.1 Å². The molecular weight excluding hydrogens is 333 g/mol. The summed E-state index contributed by atoms with van der Waals surface area (Å²) in [6.45, 7) is 3.92. The molecule has 1 heterocycles. The molecule has 4 nitrogen and oxygen atoms in total. The Kier molecular flexibility index (Phi) is 5.91. The van der Waals surface area contributed by atoms with Crippen molar-refractivity contribution in [2.75, 3.05) is 25.5 Å². The van der Waals surface area contributed by atoms with Crippen molar-refractivity contribution in [2.24, 2.45) is 5.92 Å². The van der Waals surface area contributed by atoms with Crippen LogP contribution in [-0.2, 0) is 14.6 Å². The predicted octanol–water partition coefficient (Wildman–Crippen LogP) is 2.78. The fourth-order valence-electron chi connectivity index (χ4n) is 2.59. The zero-order valence-electron chi connectivity index (χ0n) is 11.8. The molecule has 1 N–H and O–H groups in total. The molecular formula is C14H19Cl2NO3S. The van der Waals surface area contributed by atoms with Crippen molar-refractivity contribution in [1.29, 1.82) is 0 Å². The molecule has 0 aliphatic carbocycles. The van der Waals surface area contributed by atoms with E-state index in [2.05, 4.69) is 5.32 Å². The SMILES string of the molecule is CCNC(CS(=O)(=O)c1c(Cl)cccc1Cl)C1CCOC1. The maximum atomic E-state index is 12.7. The Morgan fingerprint density at radius 2 is 2.05 bits per heavy atom. The number of nitrogens with one attached hydrogen (secondary N) is 1. The molecule has 1 aromatic rings. The quantitative estimate of drug-likeness (QED) is 0.855. The van der Waals surface area contributed by atoms with Crippen LogP contribution in [0.15, 0.2) is 23.1 Å². The first-order chi connectivity index (χ1) is 9.95. The number of halogens is 2. The summed E-state index contributed by atoms with van der Waals surface area (Å²) < 4.78 is 30.7. The first-order valence-electron chi connectivity index (χ1n) is 6.93. The van der Waals surface area contributed by atoms with Crippen LogP contribution < -0.4 is 5.32 Å². The van der Waals surface area contributed by atoms with E-state index in [1.807, 2.05) is 6.92 Å². The molecule has 2 unspecified atom stereocenters. The third kappa shape index (κ3) is 4.11. The van der Waals surface area contributed by atoms with Crippen LogP contribution in [0.4, 0.5) is 0 Å². The van der Waals surface area contributed by atoms with Gasteiger partial charge in [-0.1, -0.05) is 36.2 Å². The lowest BCUT2D eigenvalue weighted by atomic mass is 10.0. The molecule has 1 saturated heterocycles. The van der Waals surface area contributed by atoms with Gasteiger partial charge in [0.05, 0.1) is 22.4 Å². The Morgan fingerprint density at radius 3 is 2.57 bits per heavy atom. The number of ether oxygens (including phenoxy) is 1. The lowest BCUT2D eigenvalue weighted by Crippen LogP contribution is -2.42. The van der Waals surface area contributed by atoms with Crippen LogP contribution in [0.1, 0.15) is 13.3 Å². The number of sulfone groups is 1. The molecule has 0 bridgehead atoms. The van der Waals surface area contributed by atoms with Gasteiger partial charge in [-0.05, 0) is 25.1 Å². The topological polar surface area (TPSA) is 55.4 Å². The van der Waals surface area contributed by atoms with E-state index < -0.39 is 9.84 Å². The van der Waals surface area contributed by atoms with E-state index in [0.29, 0.717) is 19.8 Å². The van der Waals surface area contributed by atoms with Gasteiger partial charge in [0.2, 0.25) is 0 Å². The van der Waals surface area contributed by atoms with Gasteiger partial charge in [-0.2, -0.15) is 0 Å². The van der Waals surface area contributed by atoms with E-state index in [0.717, 1.165) is 6.42 Å². The summed E-state index contributed by atoms with van der Waals surface area (Å²) in [6.07, 6.45) is 0.865. The van der Waals surface area contributed by atoms with Crippen LogP contribution in [0.5, 0.6) is 0 Å². The molecule has 0 aromatic heterocycles. The van der Waals surface area contributed by atoms with Crippen molar-refractivity contribution in [3.05, 3.63) is 28.2 Å². The third-order valence-electron chi connectivity index (χ3n) is 3.63. The van der Waals surface area contributed by atoms with Gasteiger partial charge in [-0.25, -0.2) is 8.42 Å². The summed E-state index contributed by atoms with van der Waals surface area (Å²) in [4.78, 5) is 0.0233. The largest absolute Gasteiger partial charge is 0.381 e. The molecule has 1 aromatic carbocycles. The predicted molar refractivity (Wildman–Crippen MR) is 84.9 cm³/mol. The minimum Gasteiger partial charge on any atom is -0.381 e. The van der Waals surface area contributed by atoms with Crippen LogP contribution in [0.2, 0.25) is 10.0 Å². The van der Waals surface area contributed by atoms with Gasteiger partial charge in [0.25, 0.3) is 0 Å². The van der Waals surface area contributed by atoms with Crippen LogP contribution in [-0.4, -0.2) is 40.0 Å². The second kappa shape index (κ2) is 7.29. The number of rotatable bonds is 6. The second-order valence-electron chi connectivity index (χ2n) is 5.12. The summed E-state index contributed by atoms with van der Waals surface area (Å²) in [6, 6.07) is 4.56. The van der Waals surface area contributed by atoms with Gasteiger partial charge in [0.1, 0.15) is 4.90 Å². The molecule has 1 fully saturated rings. The van der Waals surface area contributed by atoms with Gasteiger partial charge in [0, 0.05) is 18.6 Å². The zero-order valence-corrected chi connectivity index (χ0v) is 14.1. The standard InChI is InChI=1S/C14H19Cl2NO3S/c1-2-17-13(10-6-7-20-8-10)9-21(18,19)14-11(15)4-3-5-12(14)16/h3-5,10,13,17H,2,6-9H2,1H3. The number of hydrogen-bond acceptors (Lipinski definition) is 4. The molecule has 118 valence electrons. The Balaban J connectivity index is 2.25. The summed E-state index contributed by atoms with van der Waals surface area (Å²) in [5, 5.41) is 3.58. The van der Waals surface area contributed by atoms with Crippen molar-refractivity contribution in [3.8, 4) is 0 Å². The van der Waals surface area contributed by atoms with Crippen molar-refractivity contribution < 1.29 is 13.2 Å². The van der Waals surface area contributed by atoms with E-state index in [4.69, 9.17) is 27.9 Å². The lowest BCUT2D eigenvalue weighted by molar-refractivity contribution is 0.179. The maximum Gasteiger partial charge on any atom is 0.182 e. The van der Waals surface area contributed by atoms with E-state index >= 15 is 0 Å². The minimum absolute atomic E-state index is 0.0233. The Labute approximate surface area is 135 Å². The van der Waals surface area contributed by atoms with Crippen molar-refractivity contribution >= 4 is 33.0 Å². The van der Waals surface area contributed by atoms with E-state index in [1.54, 1.807) is 18.2 Å². The van der Waals surface area contributed by atoms with Crippen LogP contribution in [0.25, 0.3) is 0 Å². The monoisotopic (exact) mass is 351 g/mol. The van der Waals surface area contributed by atoms with Gasteiger partial charge in [0.15, 0.2) is 9.84 Å². The first-order valence-corrected chi connectivity index (χ1v) is 9.34. The highest BCUT2D eigenvalue weighted by molar-refractivity contribution is 7.91. The molecule has 2 rings (SSSR count). The van der Waals surface area contributed by atoms with E-state index in [9.17, 15) is 8.42 Å². The molecule has 7 heteroatoms. The summed E-state index contributed by atoms with van der Waals surface area (Å²) in [5.74, 6) is 0.166. The van der Waals surface area contributed by atoms with Crippen molar-refractivity contribution in [3.63, 3.8) is 0 Å². The Bertz CT molecular complexity index is 566. The van der Waals surface area contributed by atoms with E-state index in [1.165, 1.54) is 0 Å². The fraction of sp³-hybridized carbons (Fsp3) is 0.571. The summed E-state index contributed by atoms with van der Waals surface area (Å²) in [5.41, 5.74) is 0. The molecule has 2 atom stereocenters. The van der Waals surface area contributed by atoms with Gasteiger partial charge in [-0.3, -0.25) is 0 Å². The lowest BCUT2D eigenvalue weighted by Gasteiger charge is -2.23. The zero-order chi connectivity index (χ0) is 15.5. The number of hydrogen-bond donors (Lipinski definition) is 1. The average Bonchev–Trinajstić information content (AvgIpc) is 2.91. The highest BCUT2D eigenvalue weighted by atomic mass is 35.5. The van der Waals surface area contributed by atoms with E-state index in [-0.39, 0.29) is 32.7 Å². The smallest absolute Gasteiger partial charge is 0.182 e. The van der Waals surface area contributed by atoms with Crippen LogP contribution in [0, 0.1) is 5.92 Å². The number of benzene rings is 1. The molecule has 0 saturated carbocycles. The van der Waals surface area contributed by atoms with Gasteiger partial charge >= 0.3 is 0 Å². The Morgan fingerprint density at radius 1 is 1.38 bits per heavy atom. The fourth-order valence-corrected chi connectivity index (χ4v) is 5.46. The maximum absolute atomic E-state index is 12.7. The molecule has 0 radical (unpaired) electrons. The Hall–Kier alpha value is -0.330. The van der Waals surface area contributed by atoms with Gasteiger partial charge in [-0.15, -0.1) is 0 Å². The third-order valence-corrected chi connectivity index (χ3v) is 6.34. The molecule has 1 aliphatic rings. The first kappa shape index (κ1) is 17.0. The molecule has 21 heavy (non-hydrogen) atoms. The highest BCUT2D eigenvalue weighted by Gasteiger charge is 2.32. The highest BCUT2D eigenvalue weighted by Crippen LogP contribution is 2.31. The second-order valence-corrected chi connectivity index (χ2v) is 7.91. The molecule has 1 aliphatic heterocycles. The average molecular weight is 352 g/mol. The van der Waals surface area contributed by atoms with Crippen molar-refractivity contribution in [2.45, 2.75) is 24.3 Å². The summed E-state index contributed by atoms with van der Waals surface area (Å²) in [7, 11) is -3.56. The normalized spacial score (nSPS) is 20.6. The van der Waals surface area contributed by atoms with Crippen LogP contribution in [0.3, 0.4) is 0 Å². The molecule has 0 spiro atoms.